The molecule has 0 bridgehead atoms. The molecule has 0 N–H and O–H groups in total. The zero-order valence-corrected chi connectivity index (χ0v) is 18.3. The van der Waals surface area contributed by atoms with Crippen molar-refractivity contribution in [2.75, 3.05) is 9.96 Å². The lowest BCUT2D eigenvalue weighted by Gasteiger charge is -2.28. The number of imide groups is 1. The van der Waals surface area contributed by atoms with Crippen LogP contribution in [0.15, 0.2) is 77.5 Å². The van der Waals surface area contributed by atoms with Gasteiger partial charge >= 0.3 is 6.18 Å². The Hall–Kier alpha value is -3.24. The third kappa shape index (κ3) is 3.68. The Morgan fingerprint density at radius 3 is 2.36 bits per heavy atom. The van der Waals surface area contributed by atoms with Gasteiger partial charge in [0.15, 0.2) is 6.10 Å². The first kappa shape index (κ1) is 21.6. The van der Waals surface area contributed by atoms with Gasteiger partial charge in [0, 0.05) is 16.9 Å². The molecule has 2 fully saturated rings. The second-order valence-corrected chi connectivity index (χ2v) is 8.56. The minimum Gasteiger partial charge on any atom is -0.273 e. The van der Waals surface area contributed by atoms with Gasteiger partial charge in [0.1, 0.15) is 5.92 Å². The number of carbonyl (C=O) groups is 2. The summed E-state index contributed by atoms with van der Waals surface area (Å²) in [5.41, 5.74) is 0.171. The lowest BCUT2D eigenvalue weighted by molar-refractivity contribution is -0.137. The van der Waals surface area contributed by atoms with Crippen molar-refractivity contribution in [2.45, 2.75) is 18.3 Å². The van der Waals surface area contributed by atoms with Gasteiger partial charge in [0.05, 0.1) is 23.0 Å². The molecule has 2 aliphatic heterocycles. The smallest absolute Gasteiger partial charge is 0.273 e. The van der Waals surface area contributed by atoms with E-state index in [-0.39, 0.29) is 5.69 Å². The monoisotopic (exact) mass is 517 g/mol. The molecule has 6 nitrogen and oxygen atoms in total. The van der Waals surface area contributed by atoms with Crippen molar-refractivity contribution in [3.05, 3.63) is 88.7 Å². The summed E-state index contributed by atoms with van der Waals surface area (Å²) in [6.45, 7) is 0. The standard InChI is InChI=1S/C23H15BrF3N3O3/c24-15-6-8-16(9-7-15)30-19(13-3-2-10-28-12-13)18-20(33-30)22(32)29(21(18)31)17-5-1-4-14(11-17)23(25,26)27/h1-12,18-20H/t18-,19-,20-/m0/s1. The van der Waals surface area contributed by atoms with Crippen molar-refractivity contribution in [2.24, 2.45) is 5.92 Å². The molecule has 3 atom stereocenters. The third-order valence-electron chi connectivity index (χ3n) is 5.65. The lowest BCUT2D eigenvalue weighted by Crippen LogP contribution is -2.37. The van der Waals surface area contributed by atoms with Gasteiger partial charge < -0.3 is 0 Å². The van der Waals surface area contributed by atoms with E-state index in [2.05, 4.69) is 20.9 Å². The molecule has 168 valence electrons. The summed E-state index contributed by atoms with van der Waals surface area (Å²) in [5.74, 6) is -2.30. The Morgan fingerprint density at radius 2 is 1.70 bits per heavy atom. The van der Waals surface area contributed by atoms with Crippen molar-refractivity contribution >= 4 is 39.1 Å². The van der Waals surface area contributed by atoms with Gasteiger partial charge in [-0.1, -0.05) is 28.1 Å². The summed E-state index contributed by atoms with van der Waals surface area (Å²) in [6, 6.07) is 14.1. The van der Waals surface area contributed by atoms with E-state index < -0.39 is 41.6 Å². The molecular formula is C23H15BrF3N3O3. The number of carbonyl (C=O) groups excluding carboxylic acids is 2. The van der Waals surface area contributed by atoms with E-state index >= 15 is 0 Å². The first-order valence-corrected chi connectivity index (χ1v) is 10.7. The molecule has 3 heterocycles. The fourth-order valence-corrected chi connectivity index (χ4v) is 4.46. The quantitative estimate of drug-likeness (QED) is 0.461. The predicted molar refractivity (Wildman–Crippen MR) is 116 cm³/mol. The molecule has 33 heavy (non-hydrogen) atoms. The molecule has 2 saturated heterocycles. The summed E-state index contributed by atoms with van der Waals surface area (Å²) < 4.78 is 40.4. The topological polar surface area (TPSA) is 62.7 Å². The van der Waals surface area contributed by atoms with Crippen LogP contribution in [-0.2, 0) is 20.6 Å². The Labute approximate surface area is 194 Å². The number of aromatic nitrogens is 1. The van der Waals surface area contributed by atoms with E-state index in [0.717, 1.165) is 21.5 Å². The fraction of sp³-hybridized carbons (Fsp3) is 0.174. The van der Waals surface area contributed by atoms with E-state index in [4.69, 9.17) is 4.84 Å². The number of hydrogen-bond acceptors (Lipinski definition) is 5. The number of fused-ring (bicyclic) bond motifs is 1. The summed E-state index contributed by atoms with van der Waals surface area (Å²) in [6.07, 6.45) is -2.63. The largest absolute Gasteiger partial charge is 0.416 e. The molecular weight excluding hydrogens is 503 g/mol. The van der Waals surface area contributed by atoms with Crippen molar-refractivity contribution in [1.82, 2.24) is 4.98 Å². The van der Waals surface area contributed by atoms with Gasteiger partial charge in [0.2, 0.25) is 5.91 Å². The normalized spacial score (nSPS) is 22.7. The van der Waals surface area contributed by atoms with Crippen molar-refractivity contribution < 1.29 is 27.6 Å². The Bertz CT molecular complexity index is 1220. The van der Waals surface area contributed by atoms with Gasteiger partial charge in [0.25, 0.3) is 5.91 Å². The van der Waals surface area contributed by atoms with E-state index in [1.165, 1.54) is 17.2 Å². The minimum atomic E-state index is -4.61. The number of amides is 2. The van der Waals surface area contributed by atoms with Crippen LogP contribution in [0.5, 0.6) is 0 Å². The molecule has 10 heteroatoms. The molecule has 3 aromatic rings. The van der Waals surface area contributed by atoms with Gasteiger partial charge in [-0.3, -0.25) is 19.4 Å². The van der Waals surface area contributed by atoms with Crippen LogP contribution in [-0.4, -0.2) is 22.9 Å². The first-order chi connectivity index (χ1) is 15.8. The number of pyridine rings is 1. The maximum Gasteiger partial charge on any atom is 0.416 e. The number of nitrogens with zero attached hydrogens (tertiary/aromatic N) is 3. The molecule has 1 aromatic heterocycles. The van der Waals surface area contributed by atoms with Gasteiger partial charge in [-0.2, -0.15) is 13.2 Å². The molecule has 0 saturated carbocycles. The zero-order chi connectivity index (χ0) is 23.3. The number of anilines is 2. The first-order valence-electron chi connectivity index (χ1n) is 9.92. The highest BCUT2D eigenvalue weighted by Gasteiger charge is 2.60. The summed E-state index contributed by atoms with van der Waals surface area (Å²) >= 11 is 3.37. The van der Waals surface area contributed by atoms with E-state index in [9.17, 15) is 22.8 Å². The highest BCUT2D eigenvalue weighted by molar-refractivity contribution is 9.10. The van der Waals surface area contributed by atoms with Crippen LogP contribution in [0.25, 0.3) is 0 Å². The maximum absolute atomic E-state index is 13.5. The highest BCUT2D eigenvalue weighted by atomic mass is 79.9. The Balaban J connectivity index is 1.56. The van der Waals surface area contributed by atoms with E-state index in [1.807, 2.05) is 0 Å². The molecule has 5 rings (SSSR count). The predicted octanol–water partition coefficient (Wildman–Crippen LogP) is 4.91. The molecule has 0 spiro atoms. The third-order valence-corrected chi connectivity index (χ3v) is 6.18. The van der Waals surface area contributed by atoms with Crippen LogP contribution < -0.4 is 9.96 Å². The van der Waals surface area contributed by atoms with Crippen LogP contribution in [0.3, 0.4) is 0 Å². The molecule has 0 aliphatic carbocycles. The van der Waals surface area contributed by atoms with Gasteiger partial charge in [-0.05, 0) is 54.1 Å². The van der Waals surface area contributed by atoms with Gasteiger partial charge in [-0.15, -0.1) is 0 Å². The highest BCUT2D eigenvalue weighted by Crippen LogP contribution is 2.47. The van der Waals surface area contributed by atoms with E-state index in [1.54, 1.807) is 48.8 Å². The number of hydrogen-bond donors (Lipinski definition) is 0. The van der Waals surface area contributed by atoms with Crippen LogP contribution >= 0.6 is 15.9 Å². The zero-order valence-electron chi connectivity index (χ0n) is 16.7. The number of rotatable bonds is 3. The number of halogens is 4. The van der Waals surface area contributed by atoms with Crippen LogP contribution in [0, 0.1) is 5.92 Å². The van der Waals surface area contributed by atoms with Crippen LogP contribution in [0.1, 0.15) is 17.2 Å². The summed E-state index contributed by atoms with van der Waals surface area (Å²) in [4.78, 5) is 37.6. The molecule has 0 unspecified atom stereocenters. The molecule has 2 amide bonds. The summed E-state index contributed by atoms with van der Waals surface area (Å²) in [5, 5.41) is 1.50. The van der Waals surface area contributed by atoms with Crippen LogP contribution in [0.2, 0.25) is 0 Å². The Morgan fingerprint density at radius 1 is 0.939 bits per heavy atom. The maximum atomic E-state index is 13.5. The van der Waals surface area contributed by atoms with E-state index in [0.29, 0.717) is 11.3 Å². The fourth-order valence-electron chi connectivity index (χ4n) is 4.19. The SMILES string of the molecule is O=C1[C@@H]2[C@H](ON(c3ccc(Br)cc3)[C@H]2c2cccnc2)C(=O)N1c1cccc(C(F)(F)F)c1. The van der Waals surface area contributed by atoms with Crippen molar-refractivity contribution in [1.29, 1.82) is 0 Å². The Kier molecular flexibility index (Phi) is 5.21. The molecule has 0 radical (unpaired) electrons. The molecule has 2 aliphatic rings. The second-order valence-electron chi connectivity index (χ2n) is 7.65. The van der Waals surface area contributed by atoms with Crippen molar-refractivity contribution in [3.8, 4) is 0 Å². The number of hydroxylamine groups is 1. The minimum absolute atomic E-state index is 0.141. The average Bonchev–Trinajstić information content (AvgIpc) is 3.30. The number of alkyl halides is 3. The van der Waals surface area contributed by atoms with Gasteiger partial charge in [-0.25, -0.2) is 9.96 Å². The second kappa shape index (κ2) is 7.96. The summed E-state index contributed by atoms with van der Waals surface area (Å²) in [7, 11) is 0. The average molecular weight is 518 g/mol. The van der Waals surface area contributed by atoms with Crippen molar-refractivity contribution in [3.63, 3.8) is 0 Å². The lowest BCUT2D eigenvalue weighted by atomic mass is 9.91. The molecule has 2 aromatic carbocycles. The van der Waals surface area contributed by atoms with Crippen LogP contribution in [0.4, 0.5) is 24.5 Å². The number of benzene rings is 2.